The molecule has 2 aromatic rings. The topological polar surface area (TPSA) is 122 Å². The van der Waals surface area contributed by atoms with E-state index in [-0.39, 0.29) is 11.6 Å². The first kappa shape index (κ1) is 25.3. The van der Waals surface area contributed by atoms with Crippen LogP contribution in [-0.4, -0.2) is 42.8 Å². The predicted molar refractivity (Wildman–Crippen MR) is 139 cm³/mol. The standard InChI is InChI=1S/C28H28FN3O6/c1-36-24-14-19-21(15-25(24)37-2)30-12-9-23(19)38-18-6-3-16(4-7-18)31-26(34)28(10-11-28)27(35)32-17-5-8-20(29)22(33)13-17/h3-9,12-13,15,19,26,31,33-34H,10-11,14H2,1-2H3,(H,32,35). The van der Waals surface area contributed by atoms with Crippen molar-refractivity contribution >= 4 is 23.5 Å². The molecule has 38 heavy (non-hydrogen) atoms. The number of carbonyl (C=O) groups excluding carboxylic acids is 1. The number of phenols is 1. The second-order valence-electron chi connectivity index (χ2n) is 9.32. The SMILES string of the molecule is COC1=C(OC)CC2C(=C1)N=CC=C2Oc1ccc(NC(O)C2(C(=O)Nc3ccc(F)c(O)c3)CC2)cc1. The summed E-state index contributed by atoms with van der Waals surface area (Å²) in [5.74, 6) is 0.824. The molecule has 0 saturated heterocycles. The molecule has 2 aromatic carbocycles. The minimum atomic E-state index is -1.15. The molecule has 5 rings (SSSR count). The maximum atomic E-state index is 13.3. The molecule has 0 radical (unpaired) electrons. The lowest BCUT2D eigenvalue weighted by Crippen LogP contribution is -2.39. The summed E-state index contributed by atoms with van der Waals surface area (Å²) in [5.41, 5.74) is 0.655. The molecule has 1 aliphatic heterocycles. The van der Waals surface area contributed by atoms with E-state index in [1.54, 1.807) is 44.7 Å². The van der Waals surface area contributed by atoms with Crippen molar-refractivity contribution < 1.29 is 33.6 Å². The van der Waals surface area contributed by atoms with Crippen LogP contribution in [0, 0.1) is 17.2 Å². The van der Waals surface area contributed by atoms with E-state index in [9.17, 15) is 19.4 Å². The van der Waals surface area contributed by atoms with Gasteiger partial charge in [0.25, 0.3) is 0 Å². The van der Waals surface area contributed by atoms with Crippen molar-refractivity contribution in [3.05, 3.63) is 83.4 Å². The maximum absolute atomic E-state index is 13.3. The molecule has 0 bridgehead atoms. The number of dihydropyridines is 1. The number of ether oxygens (including phenoxy) is 3. The Morgan fingerprint density at radius 3 is 2.53 bits per heavy atom. The number of fused-ring (bicyclic) bond motifs is 1. The number of methoxy groups -OCH3 is 2. The minimum absolute atomic E-state index is 0.107. The lowest BCUT2D eigenvalue weighted by atomic mass is 9.91. The Kier molecular flexibility index (Phi) is 6.81. The lowest BCUT2D eigenvalue weighted by molar-refractivity contribution is -0.124. The Hall–Kier alpha value is -4.31. The first-order chi connectivity index (χ1) is 18.3. The third kappa shape index (κ3) is 4.95. The Morgan fingerprint density at radius 2 is 1.87 bits per heavy atom. The number of aliphatic imine (C=N–C) groups is 1. The molecule has 0 spiro atoms. The Morgan fingerprint density at radius 1 is 1.13 bits per heavy atom. The molecule has 2 atom stereocenters. The number of nitrogens with zero attached hydrogens (tertiary/aromatic N) is 1. The number of amides is 1. The van der Waals surface area contributed by atoms with Crippen LogP contribution in [0.1, 0.15) is 19.3 Å². The highest BCUT2D eigenvalue weighted by Gasteiger charge is 2.56. The van der Waals surface area contributed by atoms with Gasteiger partial charge in [0.05, 0.1) is 31.2 Å². The number of allylic oxidation sites excluding steroid dienone is 3. The van der Waals surface area contributed by atoms with Crippen molar-refractivity contribution in [3.8, 4) is 11.5 Å². The molecule has 1 amide bonds. The number of rotatable bonds is 9. The molecular formula is C28H28FN3O6. The molecule has 2 unspecified atom stereocenters. The largest absolute Gasteiger partial charge is 0.505 e. The zero-order valence-corrected chi connectivity index (χ0v) is 20.9. The third-order valence-corrected chi connectivity index (χ3v) is 6.93. The van der Waals surface area contributed by atoms with Crippen LogP contribution in [0.5, 0.6) is 11.5 Å². The monoisotopic (exact) mass is 521 g/mol. The van der Waals surface area contributed by atoms with E-state index in [0.717, 1.165) is 29.3 Å². The van der Waals surface area contributed by atoms with Gasteiger partial charge in [-0.15, -0.1) is 0 Å². The lowest BCUT2D eigenvalue weighted by Gasteiger charge is -2.28. The molecule has 1 heterocycles. The van der Waals surface area contributed by atoms with Gasteiger partial charge in [0.15, 0.2) is 17.3 Å². The molecule has 4 N–H and O–H groups in total. The van der Waals surface area contributed by atoms with Crippen LogP contribution in [0.15, 0.2) is 82.6 Å². The number of carbonyl (C=O) groups is 1. The van der Waals surface area contributed by atoms with Crippen LogP contribution in [-0.2, 0) is 14.3 Å². The maximum Gasteiger partial charge on any atom is 0.235 e. The number of anilines is 2. The van der Waals surface area contributed by atoms with Crippen LogP contribution in [0.2, 0.25) is 0 Å². The first-order valence-corrected chi connectivity index (χ1v) is 12.1. The summed E-state index contributed by atoms with van der Waals surface area (Å²) >= 11 is 0. The second kappa shape index (κ2) is 10.2. The van der Waals surface area contributed by atoms with E-state index in [2.05, 4.69) is 15.6 Å². The van der Waals surface area contributed by atoms with Crippen molar-refractivity contribution in [2.45, 2.75) is 25.5 Å². The summed E-state index contributed by atoms with van der Waals surface area (Å²) in [6, 6.07) is 10.6. The van der Waals surface area contributed by atoms with E-state index >= 15 is 0 Å². The molecule has 2 aliphatic carbocycles. The van der Waals surface area contributed by atoms with Crippen LogP contribution in [0.25, 0.3) is 0 Å². The van der Waals surface area contributed by atoms with E-state index in [1.165, 1.54) is 6.07 Å². The molecule has 0 aromatic heterocycles. The molecule has 1 fully saturated rings. The quantitative estimate of drug-likeness (QED) is 0.360. The number of hydrogen-bond donors (Lipinski definition) is 4. The summed E-state index contributed by atoms with van der Waals surface area (Å²) in [7, 11) is 3.19. The van der Waals surface area contributed by atoms with Gasteiger partial charge in [-0.1, -0.05) is 0 Å². The minimum Gasteiger partial charge on any atom is -0.505 e. The van der Waals surface area contributed by atoms with E-state index in [1.807, 2.05) is 12.2 Å². The summed E-state index contributed by atoms with van der Waals surface area (Å²) in [4.78, 5) is 17.3. The van der Waals surface area contributed by atoms with Gasteiger partial charge in [-0.2, -0.15) is 0 Å². The van der Waals surface area contributed by atoms with Crippen molar-refractivity contribution in [2.24, 2.45) is 16.3 Å². The van der Waals surface area contributed by atoms with Gasteiger partial charge < -0.3 is 35.1 Å². The molecule has 1 saturated carbocycles. The third-order valence-electron chi connectivity index (χ3n) is 6.93. The first-order valence-electron chi connectivity index (χ1n) is 12.1. The highest BCUT2D eigenvalue weighted by molar-refractivity contribution is 5.98. The highest BCUT2D eigenvalue weighted by atomic mass is 19.1. The van der Waals surface area contributed by atoms with Gasteiger partial charge >= 0.3 is 0 Å². The zero-order valence-electron chi connectivity index (χ0n) is 20.9. The van der Waals surface area contributed by atoms with Gasteiger partial charge in [0.2, 0.25) is 5.91 Å². The normalized spacial score (nSPS) is 19.9. The fourth-order valence-corrected chi connectivity index (χ4v) is 4.51. The summed E-state index contributed by atoms with van der Waals surface area (Å²) in [6.07, 6.45) is 5.72. The van der Waals surface area contributed by atoms with Gasteiger partial charge in [0.1, 0.15) is 23.5 Å². The number of benzene rings is 2. The number of phenolic OH excluding ortho intramolecular Hbond substituents is 1. The number of hydrogen-bond acceptors (Lipinski definition) is 8. The molecule has 10 heteroatoms. The van der Waals surface area contributed by atoms with E-state index in [0.29, 0.717) is 36.5 Å². The number of aromatic hydroxyl groups is 1. The molecule has 198 valence electrons. The smallest absolute Gasteiger partial charge is 0.235 e. The molecule has 9 nitrogen and oxygen atoms in total. The van der Waals surface area contributed by atoms with Gasteiger partial charge in [-0.25, -0.2) is 4.39 Å². The second-order valence-corrected chi connectivity index (χ2v) is 9.32. The van der Waals surface area contributed by atoms with Gasteiger partial charge in [-0.05, 0) is 55.3 Å². The highest BCUT2D eigenvalue weighted by Crippen LogP contribution is 2.50. The van der Waals surface area contributed by atoms with Crippen molar-refractivity contribution in [1.29, 1.82) is 0 Å². The Bertz CT molecular complexity index is 1360. The average Bonchev–Trinajstić information content (AvgIpc) is 3.74. The van der Waals surface area contributed by atoms with Crippen LogP contribution in [0.4, 0.5) is 15.8 Å². The van der Waals surface area contributed by atoms with Crippen LogP contribution < -0.4 is 15.4 Å². The van der Waals surface area contributed by atoms with E-state index in [4.69, 9.17) is 14.2 Å². The number of halogens is 1. The Labute approximate surface area is 218 Å². The fraction of sp³-hybridized carbons (Fsp3) is 0.286. The average molecular weight is 522 g/mol. The summed E-state index contributed by atoms with van der Waals surface area (Å²) in [5, 5.41) is 26.0. The number of aliphatic hydroxyl groups is 1. The number of nitrogens with one attached hydrogen (secondary N) is 2. The Balaban J connectivity index is 1.21. The molecular weight excluding hydrogens is 493 g/mol. The van der Waals surface area contributed by atoms with Crippen molar-refractivity contribution in [1.82, 2.24) is 0 Å². The van der Waals surface area contributed by atoms with Gasteiger partial charge in [-0.3, -0.25) is 9.79 Å². The van der Waals surface area contributed by atoms with Crippen LogP contribution in [0.3, 0.4) is 0 Å². The summed E-state index contributed by atoms with van der Waals surface area (Å²) in [6.45, 7) is 0. The summed E-state index contributed by atoms with van der Waals surface area (Å²) < 4.78 is 30.3. The fourth-order valence-electron chi connectivity index (χ4n) is 4.51. The van der Waals surface area contributed by atoms with Crippen molar-refractivity contribution in [2.75, 3.05) is 24.9 Å². The number of aliphatic hydroxyl groups excluding tert-OH is 1. The van der Waals surface area contributed by atoms with Gasteiger partial charge in [0, 0.05) is 36.2 Å². The predicted octanol–water partition coefficient (Wildman–Crippen LogP) is 4.44. The zero-order chi connectivity index (χ0) is 26.9. The molecule has 3 aliphatic rings. The van der Waals surface area contributed by atoms with Crippen molar-refractivity contribution in [3.63, 3.8) is 0 Å². The van der Waals surface area contributed by atoms with Crippen LogP contribution >= 0.6 is 0 Å². The van der Waals surface area contributed by atoms with E-state index < -0.39 is 29.1 Å².